The quantitative estimate of drug-likeness (QED) is 0.648. The summed E-state index contributed by atoms with van der Waals surface area (Å²) in [4.78, 5) is 20.2. The Morgan fingerprint density at radius 1 is 1.24 bits per heavy atom. The van der Waals surface area contributed by atoms with Gasteiger partial charge < -0.3 is 19.6 Å². The summed E-state index contributed by atoms with van der Waals surface area (Å²) in [5.74, 6) is -0.426. The maximum atomic E-state index is 12.9. The van der Waals surface area contributed by atoms with Gasteiger partial charge in [-0.3, -0.25) is 9.20 Å². The summed E-state index contributed by atoms with van der Waals surface area (Å²) in [6.45, 7) is 0.0907. The molecule has 1 aromatic carbocycles. The smallest absolute Gasteiger partial charge is 0.406 e. The number of benzene rings is 1. The van der Waals surface area contributed by atoms with E-state index in [1.165, 1.54) is 7.11 Å². The predicted octanol–water partition coefficient (Wildman–Crippen LogP) is 3.14. The van der Waals surface area contributed by atoms with Crippen LogP contribution in [0.25, 0.3) is 16.9 Å². The van der Waals surface area contributed by atoms with Crippen molar-refractivity contribution in [3.8, 4) is 17.0 Å². The van der Waals surface area contributed by atoms with Crippen molar-refractivity contribution in [2.45, 2.75) is 25.1 Å². The molecule has 5 rings (SSSR count). The van der Waals surface area contributed by atoms with Crippen LogP contribution in [-0.4, -0.2) is 70.9 Å². The lowest BCUT2D eigenvalue weighted by atomic mass is 9.94. The zero-order valence-electron chi connectivity index (χ0n) is 18.0. The van der Waals surface area contributed by atoms with Gasteiger partial charge in [0.15, 0.2) is 0 Å². The second kappa shape index (κ2) is 7.95. The number of fused-ring (bicyclic) bond motifs is 2. The van der Waals surface area contributed by atoms with Crippen molar-refractivity contribution in [1.29, 1.82) is 0 Å². The lowest BCUT2D eigenvalue weighted by Gasteiger charge is -2.30. The fourth-order valence-electron chi connectivity index (χ4n) is 4.66. The number of hydrogen-bond acceptors (Lipinski definition) is 5. The number of methoxy groups -OCH3 is 1. The summed E-state index contributed by atoms with van der Waals surface area (Å²) in [5.41, 5.74) is 4.09. The monoisotopic (exact) mass is 460 g/mol. The molecular weight excluding hydrogens is 437 g/mol. The Hall–Kier alpha value is -3.27. The maximum Gasteiger partial charge on any atom is 0.406 e. The summed E-state index contributed by atoms with van der Waals surface area (Å²) >= 11 is 0. The van der Waals surface area contributed by atoms with Crippen molar-refractivity contribution in [2.75, 3.05) is 38.2 Å². The van der Waals surface area contributed by atoms with Crippen LogP contribution in [0, 0.1) is 0 Å². The number of rotatable bonds is 4. The highest BCUT2D eigenvalue weighted by atomic mass is 19.4. The van der Waals surface area contributed by atoms with Crippen LogP contribution in [0.1, 0.15) is 22.3 Å². The van der Waals surface area contributed by atoms with Gasteiger partial charge >= 0.3 is 6.18 Å². The first-order chi connectivity index (χ1) is 15.7. The zero-order chi connectivity index (χ0) is 23.3. The fraction of sp³-hybridized carbons (Fsp3) is 0.391. The summed E-state index contributed by atoms with van der Waals surface area (Å²) < 4.78 is 45.9. The standard InChI is InChI=1S/C23H23F3N4O3/c1-33-19-9-15(8-14-2-5-29(13-23(24,25)26)22(32)21(14)19)18-11-27-20-10-16(3-7-30(18)20)28-6-4-17(31)12-28/h3,7-11,17,31H,2,4-6,12-13H2,1H3. The summed E-state index contributed by atoms with van der Waals surface area (Å²) in [6, 6.07) is 7.41. The van der Waals surface area contributed by atoms with E-state index in [1.807, 2.05) is 28.8 Å². The number of β-amino-alcohol motifs (C(OH)–C–C–N with tert-alkyl or cyclic N) is 1. The number of pyridine rings is 1. The van der Waals surface area contributed by atoms with E-state index in [4.69, 9.17) is 4.74 Å². The second-order valence-electron chi connectivity index (χ2n) is 8.45. The molecule has 1 amide bonds. The van der Waals surface area contributed by atoms with Crippen LogP contribution >= 0.6 is 0 Å². The Bertz CT molecular complexity index is 1210. The van der Waals surface area contributed by atoms with Gasteiger partial charge in [-0.05, 0) is 36.6 Å². The minimum Gasteiger partial charge on any atom is -0.496 e. The van der Waals surface area contributed by atoms with Crippen molar-refractivity contribution in [2.24, 2.45) is 0 Å². The normalized spacial score (nSPS) is 18.8. The van der Waals surface area contributed by atoms with Crippen molar-refractivity contribution < 1.29 is 27.8 Å². The number of aromatic nitrogens is 2. The molecule has 3 aromatic rings. The van der Waals surface area contributed by atoms with E-state index in [2.05, 4.69) is 9.88 Å². The van der Waals surface area contributed by atoms with Crippen molar-refractivity contribution in [3.63, 3.8) is 0 Å². The van der Waals surface area contributed by atoms with Gasteiger partial charge in [-0.1, -0.05) is 0 Å². The summed E-state index contributed by atoms with van der Waals surface area (Å²) in [7, 11) is 1.40. The van der Waals surface area contributed by atoms with Crippen molar-refractivity contribution in [3.05, 3.63) is 47.8 Å². The van der Waals surface area contributed by atoms with Crippen molar-refractivity contribution >= 4 is 17.2 Å². The highest BCUT2D eigenvalue weighted by Gasteiger charge is 2.37. The van der Waals surface area contributed by atoms with E-state index in [0.717, 1.165) is 40.5 Å². The number of nitrogens with zero attached hydrogens (tertiary/aromatic N) is 4. The molecule has 0 spiro atoms. The number of halogens is 3. The number of imidazole rings is 1. The summed E-state index contributed by atoms with van der Waals surface area (Å²) in [5, 5.41) is 9.81. The molecule has 4 heterocycles. The number of carbonyl (C=O) groups is 1. The number of ether oxygens (including phenoxy) is 1. The second-order valence-corrected chi connectivity index (χ2v) is 8.45. The molecule has 7 nitrogen and oxygen atoms in total. The molecule has 0 bridgehead atoms. The lowest BCUT2D eigenvalue weighted by molar-refractivity contribution is -0.141. The first-order valence-electron chi connectivity index (χ1n) is 10.7. The van der Waals surface area contributed by atoms with E-state index in [-0.39, 0.29) is 24.0 Å². The molecule has 33 heavy (non-hydrogen) atoms. The van der Waals surface area contributed by atoms with E-state index in [1.54, 1.807) is 12.3 Å². The van der Waals surface area contributed by atoms with Gasteiger partial charge in [0.1, 0.15) is 17.9 Å². The molecule has 10 heteroatoms. The molecule has 2 aliphatic heterocycles. The number of aliphatic hydroxyl groups excluding tert-OH is 1. The highest BCUT2D eigenvalue weighted by molar-refractivity contribution is 6.00. The van der Waals surface area contributed by atoms with Crippen LogP contribution in [0.15, 0.2) is 36.7 Å². The minimum atomic E-state index is -4.46. The summed E-state index contributed by atoms with van der Waals surface area (Å²) in [6.07, 6.45) is -0.116. The van der Waals surface area contributed by atoms with Crippen LogP contribution in [-0.2, 0) is 6.42 Å². The third-order valence-electron chi connectivity index (χ3n) is 6.25. The molecule has 1 atom stereocenters. The molecule has 2 aromatic heterocycles. The van der Waals surface area contributed by atoms with Crippen LogP contribution in [0.5, 0.6) is 5.75 Å². The van der Waals surface area contributed by atoms with Gasteiger partial charge in [-0.25, -0.2) is 4.98 Å². The average Bonchev–Trinajstić information content (AvgIpc) is 3.40. The van der Waals surface area contributed by atoms with Gasteiger partial charge in [-0.15, -0.1) is 0 Å². The molecule has 1 unspecified atom stereocenters. The van der Waals surface area contributed by atoms with Crippen LogP contribution in [0.4, 0.5) is 18.9 Å². The van der Waals surface area contributed by atoms with E-state index in [0.29, 0.717) is 18.5 Å². The van der Waals surface area contributed by atoms with Gasteiger partial charge in [-0.2, -0.15) is 13.2 Å². The molecule has 1 N–H and O–H groups in total. The molecule has 1 saturated heterocycles. The molecule has 1 fully saturated rings. The number of amides is 1. The molecule has 0 saturated carbocycles. The highest BCUT2D eigenvalue weighted by Crippen LogP contribution is 2.35. The Labute approximate surface area is 188 Å². The van der Waals surface area contributed by atoms with E-state index >= 15 is 0 Å². The first-order valence-corrected chi connectivity index (χ1v) is 10.7. The van der Waals surface area contributed by atoms with Gasteiger partial charge in [0.2, 0.25) is 0 Å². The molecule has 0 aliphatic carbocycles. The Balaban J connectivity index is 1.50. The molecule has 0 radical (unpaired) electrons. The van der Waals surface area contributed by atoms with Crippen LogP contribution in [0.3, 0.4) is 0 Å². The van der Waals surface area contributed by atoms with Crippen molar-refractivity contribution in [1.82, 2.24) is 14.3 Å². The Morgan fingerprint density at radius 2 is 2.06 bits per heavy atom. The SMILES string of the molecule is COc1cc(-c2cnc3cc(N4CCC(O)C4)ccn23)cc2c1C(=O)N(CC(F)(F)F)CC2. The molecule has 174 valence electrons. The van der Waals surface area contributed by atoms with Crippen LogP contribution in [0.2, 0.25) is 0 Å². The number of alkyl halides is 3. The maximum absolute atomic E-state index is 12.9. The third-order valence-corrected chi connectivity index (χ3v) is 6.25. The van der Waals surface area contributed by atoms with Crippen LogP contribution < -0.4 is 9.64 Å². The Kier molecular flexibility index (Phi) is 5.19. The van der Waals surface area contributed by atoms with Gasteiger partial charge in [0, 0.05) is 43.1 Å². The van der Waals surface area contributed by atoms with E-state index < -0.39 is 18.6 Å². The predicted molar refractivity (Wildman–Crippen MR) is 116 cm³/mol. The van der Waals surface area contributed by atoms with E-state index in [9.17, 15) is 23.1 Å². The average molecular weight is 460 g/mol. The molecule has 2 aliphatic rings. The number of aliphatic hydroxyl groups is 1. The third kappa shape index (κ3) is 3.99. The number of carbonyl (C=O) groups excluding carboxylic acids is 1. The fourth-order valence-corrected chi connectivity index (χ4v) is 4.66. The largest absolute Gasteiger partial charge is 0.496 e. The number of anilines is 1. The number of hydrogen-bond donors (Lipinski definition) is 1. The Morgan fingerprint density at radius 3 is 2.76 bits per heavy atom. The lowest BCUT2D eigenvalue weighted by Crippen LogP contribution is -2.43. The van der Waals surface area contributed by atoms with Gasteiger partial charge in [0.25, 0.3) is 5.91 Å². The topological polar surface area (TPSA) is 70.3 Å². The minimum absolute atomic E-state index is 0.00382. The first kappa shape index (κ1) is 21.6. The van der Waals surface area contributed by atoms with Gasteiger partial charge in [0.05, 0.1) is 30.7 Å². The molecular formula is C23H23F3N4O3. The zero-order valence-corrected chi connectivity index (χ0v) is 18.0.